The first-order valence-electron chi connectivity index (χ1n) is 9.84. The van der Waals surface area contributed by atoms with E-state index in [1.807, 2.05) is 7.05 Å². The smallest absolute Gasteiger partial charge is 0.191 e. The van der Waals surface area contributed by atoms with Crippen molar-refractivity contribution < 1.29 is 4.52 Å². The van der Waals surface area contributed by atoms with Crippen molar-refractivity contribution in [3.63, 3.8) is 0 Å². The van der Waals surface area contributed by atoms with Gasteiger partial charge < -0.3 is 20.1 Å². The fourth-order valence-electron chi connectivity index (χ4n) is 3.51. The molecule has 1 aromatic heterocycles. The fourth-order valence-corrected chi connectivity index (χ4v) is 3.51. The van der Waals surface area contributed by atoms with Crippen molar-refractivity contribution in [1.82, 2.24) is 20.7 Å². The van der Waals surface area contributed by atoms with E-state index in [0.29, 0.717) is 6.54 Å². The number of hydrogen-bond acceptors (Lipinski definition) is 4. The Labute approximate surface area is 152 Å². The fraction of sp³-hybridized carbons (Fsp3) is 0.789. The monoisotopic (exact) mass is 349 g/mol. The maximum Gasteiger partial charge on any atom is 0.191 e. The average molecular weight is 350 g/mol. The lowest BCUT2D eigenvalue weighted by Gasteiger charge is -2.33. The highest BCUT2D eigenvalue weighted by Crippen LogP contribution is 2.16. The molecule has 2 heterocycles. The number of likely N-dealkylation sites (tertiary alicyclic amines) is 1. The van der Waals surface area contributed by atoms with Crippen molar-refractivity contribution in [3.05, 3.63) is 17.0 Å². The van der Waals surface area contributed by atoms with Crippen molar-refractivity contribution in [1.29, 1.82) is 0 Å². The van der Waals surface area contributed by atoms with E-state index >= 15 is 0 Å². The minimum absolute atomic E-state index is 0.707. The van der Waals surface area contributed by atoms with E-state index in [0.717, 1.165) is 55.8 Å². The number of nitrogens with one attached hydrogen (secondary N) is 2. The molecule has 0 aromatic carbocycles. The van der Waals surface area contributed by atoms with Crippen LogP contribution in [-0.4, -0.2) is 48.7 Å². The second kappa shape index (κ2) is 10.4. The lowest BCUT2D eigenvalue weighted by atomic mass is 10.0. The van der Waals surface area contributed by atoms with Gasteiger partial charge >= 0.3 is 0 Å². The predicted octanol–water partition coefficient (Wildman–Crippen LogP) is 2.73. The third-order valence-corrected chi connectivity index (χ3v) is 5.12. The molecule has 0 bridgehead atoms. The summed E-state index contributed by atoms with van der Waals surface area (Å²) in [6.07, 6.45) is 6.96. The third-order valence-electron chi connectivity index (χ3n) is 5.12. The molecule has 1 aliphatic heterocycles. The lowest BCUT2D eigenvalue weighted by molar-refractivity contribution is 0.159. The number of guanidine groups is 1. The van der Waals surface area contributed by atoms with Crippen LogP contribution in [0.15, 0.2) is 9.52 Å². The Bertz CT molecular complexity index is 518. The van der Waals surface area contributed by atoms with Crippen LogP contribution in [0.3, 0.4) is 0 Å². The van der Waals surface area contributed by atoms with E-state index < -0.39 is 0 Å². The summed E-state index contributed by atoms with van der Waals surface area (Å²) in [5.74, 6) is 1.82. The summed E-state index contributed by atoms with van der Waals surface area (Å²) in [6, 6.07) is 0.736. The SMILES string of the molecule is CCc1noc(CC)c1CNC(=NC)NCCCN1CCCCC1C. The summed E-state index contributed by atoms with van der Waals surface area (Å²) in [7, 11) is 1.82. The molecule has 1 aliphatic rings. The Morgan fingerprint density at radius 1 is 1.28 bits per heavy atom. The number of aliphatic imine (C=N–C) groups is 1. The minimum atomic E-state index is 0.707. The summed E-state index contributed by atoms with van der Waals surface area (Å²) in [5, 5.41) is 11.0. The van der Waals surface area contributed by atoms with Crippen LogP contribution in [0.25, 0.3) is 0 Å². The number of hydrogen-bond donors (Lipinski definition) is 2. The molecule has 142 valence electrons. The zero-order valence-corrected chi connectivity index (χ0v) is 16.4. The summed E-state index contributed by atoms with van der Waals surface area (Å²) >= 11 is 0. The van der Waals surface area contributed by atoms with Crippen LogP contribution < -0.4 is 10.6 Å². The zero-order valence-electron chi connectivity index (χ0n) is 16.4. The summed E-state index contributed by atoms with van der Waals surface area (Å²) in [4.78, 5) is 6.94. The molecule has 6 nitrogen and oxygen atoms in total. The molecule has 0 radical (unpaired) electrons. The Morgan fingerprint density at radius 3 is 2.80 bits per heavy atom. The lowest BCUT2D eigenvalue weighted by Crippen LogP contribution is -2.41. The second-order valence-electron chi connectivity index (χ2n) is 6.82. The van der Waals surface area contributed by atoms with Gasteiger partial charge in [0.15, 0.2) is 5.96 Å². The molecule has 1 aromatic rings. The average Bonchev–Trinajstić information content (AvgIpc) is 3.04. The Balaban J connectivity index is 1.73. The molecule has 25 heavy (non-hydrogen) atoms. The first kappa shape index (κ1) is 19.8. The standard InChI is InChI=1S/C19H35N5O/c1-5-17-16(18(6-2)25-23-17)14-22-19(20-4)21-11-9-13-24-12-8-7-10-15(24)3/h15H,5-14H2,1-4H3,(H2,20,21,22). The van der Waals surface area contributed by atoms with E-state index in [1.165, 1.54) is 31.4 Å². The van der Waals surface area contributed by atoms with Gasteiger partial charge in [-0.2, -0.15) is 0 Å². The van der Waals surface area contributed by atoms with Crippen molar-refractivity contribution in [2.45, 2.75) is 71.9 Å². The van der Waals surface area contributed by atoms with Gasteiger partial charge in [0.05, 0.1) is 5.69 Å². The highest BCUT2D eigenvalue weighted by Gasteiger charge is 2.17. The van der Waals surface area contributed by atoms with Crippen LogP contribution in [0.5, 0.6) is 0 Å². The minimum Gasteiger partial charge on any atom is -0.361 e. The number of piperidine rings is 1. The molecule has 2 rings (SSSR count). The van der Waals surface area contributed by atoms with Gasteiger partial charge in [-0.1, -0.05) is 25.4 Å². The summed E-state index contributed by atoms with van der Waals surface area (Å²) < 4.78 is 5.42. The summed E-state index contributed by atoms with van der Waals surface area (Å²) in [6.45, 7) is 10.6. The Hall–Kier alpha value is -1.56. The van der Waals surface area contributed by atoms with Gasteiger partial charge in [-0.15, -0.1) is 0 Å². The number of aromatic nitrogens is 1. The zero-order chi connectivity index (χ0) is 18.1. The van der Waals surface area contributed by atoms with E-state index in [2.05, 4.69) is 46.5 Å². The number of nitrogens with zero attached hydrogens (tertiary/aromatic N) is 3. The molecular formula is C19H35N5O. The van der Waals surface area contributed by atoms with Crippen molar-refractivity contribution >= 4 is 5.96 Å². The van der Waals surface area contributed by atoms with E-state index in [4.69, 9.17) is 4.52 Å². The van der Waals surface area contributed by atoms with Crippen LogP contribution in [-0.2, 0) is 19.4 Å². The highest BCUT2D eigenvalue weighted by atomic mass is 16.5. The largest absolute Gasteiger partial charge is 0.361 e. The molecule has 6 heteroatoms. The van der Waals surface area contributed by atoms with Crippen molar-refractivity contribution in [3.8, 4) is 0 Å². The summed E-state index contributed by atoms with van der Waals surface area (Å²) in [5.41, 5.74) is 2.22. The van der Waals surface area contributed by atoms with Crippen LogP contribution >= 0.6 is 0 Å². The van der Waals surface area contributed by atoms with Gasteiger partial charge in [0.1, 0.15) is 5.76 Å². The van der Waals surface area contributed by atoms with E-state index in [1.54, 1.807) is 0 Å². The molecule has 0 aliphatic carbocycles. The molecule has 1 atom stereocenters. The normalized spacial score (nSPS) is 19.2. The van der Waals surface area contributed by atoms with Gasteiger partial charge in [0.2, 0.25) is 0 Å². The molecule has 2 N–H and O–H groups in total. The molecule has 1 saturated heterocycles. The number of rotatable bonds is 8. The molecule has 0 amide bonds. The molecular weight excluding hydrogens is 314 g/mol. The van der Waals surface area contributed by atoms with Crippen molar-refractivity contribution in [2.75, 3.05) is 26.7 Å². The molecule has 1 unspecified atom stereocenters. The van der Waals surface area contributed by atoms with Gasteiger partial charge in [0.25, 0.3) is 0 Å². The molecule has 0 spiro atoms. The Morgan fingerprint density at radius 2 is 2.12 bits per heavy atom. The van der Waals surface area contributed by atoms with Crippen molar-refractivity contribution in [2.24, 2.45) is 4.99 Å². The van der Waals surface area contributed by atoms with Crippen LogP contribution in [0.2, 0.25) is 0 Å². The van der Waals surface area contributed by atoms with Crippen LogP contribution in [0.4, 0.5) is 0 Å². The molecule has 0 saturated carbocycles. The van der Waals surface area contributed by atoms with Crippen LogP contribution in [0, 0.1) is 0 Å². The van der Waals surface area contributed by atoms with Gasteiger partial charge in [-0.3, -0.25) is 4.99 Å². The second-order valence-corrected chi connectivity index (χ2v) is 6.82. The first-order chi connectivity index (χ1) is 12.2. The van der Waals surface area contributed by atoms with E-state index in [-0.39, 0.29) is 0 Å². The van der Waals surface area contributed by atoms with Crippen LogP contribution in [0.1, 0.15) is 63.5 Å². The van der Waals surface area contributed by atoms with Gasteiger partial charge in [-0.05, 0) is 39.2 Å². The maximum atomic E-state index is 5.42. The van der Waals surface area contributed by atoms with E-state index in [9.17, 15) is 0 Å². The van der Waals surface area contributed by atoms with Gasteiger partial charge in [-0.25, -0.2) is 0 Å². The van der Waals surface area contributed by atoms with Gasteiger partial charge in [0, 0.05) is 44.7 Å². The predicted molar refractivity (Wildman–Crippen MR) is 103 cm³/mol. The number of aryl methyl sites for hydroxylation is 2. The topological polar surface area (TPSA) is 65.7 Å². The first-order valence-corrected chi connectivity index (χ1v) is 9.84. The maximum absolute atomic E-state index is 5.42. The molecule has 1 fully saturated rings. The quantitative estimate of drug-likeness (QED) is 0.429. The Kier molecular flexibility index (Phi) is 8.25. The highest BCUT2D eigenvalue weighted by molar-refractivity contribution is 5.79. The third kappa shape index (κ3) is 5.73.